The summed E-state index contributed by atoms with van der Waals surface area (Å²) >= 11 is 0. The van der Waals surface area contributed by atoms with Gasteiger partial charge in [0.2, 0.25) is 59.1 Å². The summed E-state index contributed by atoms with van der Waals surface area (Å²) < 4.78 is 0. The molecule has 10 amide bonds. The molecule has 11 atom stereocenters. The number of nitrogens with zero attached hydrogens (tertiary/aromatic N) is 4. The molecule has 5 saturated heterocycles. The highest BCUT2D eigenvalue weighted by atomic mass is 16.3. The van der Waals surface area contributed by atoms with E-state index in [0.29, 0.717) is 32.1 Å². The zero-order valence-electron chi connectivity index (χ0n) is 42.1. The van der Waals surface area contributed by atoms with Gasteiger partial charge in [0.05, 0.1) is 19.3 Å². The second-order valence-electron chi connectivity index (χ2n) is 20.3. The molecule has 1 aromatic carbocycles. The maximum atomic E-state index is 14.8. The first-order valence-electron chi connectivity index (χ1n) is 25.7. The van der Waals surface area contributed by atoms with E-state index in [-0.39, 0.29) is 70.6 Å². The van der Waals surface area contributed by atoms with Gasteiger partial charge in [-0.15, -0.1) is 0 Å². The SMILES string of the molecule is CCC(C)C1NC(=O)C2CCCN2C(=O)C(CC(C)C)NC(=O)CNC(=O)C(C(C)O)NC(=O)C(CO)NC(=O)C2CCCN2C(=O)C2CCCN2C(=O)C(Cc2ccccc2)NC(=O)C2CCCN2C1=O. The van der Waals surface area contributed by atoms with Crippen LogP contribution in [0.25, 0.3) is 0 Å². The Morgan fingerprint density at radius 3 is 1.54 bits per heavy atom. The minimum absolute atomic E-state index is 0.0598. The number of nitrogens with one attached hydrogen (secondary N) is 6. The lowest BCUT2D eigenvalue weighted by atomic mass is 9.96. The standard InChI is InChI=1S/C50H74N10O12/c1-6-29(4)40-50(72)59-22-12-17-36(59)43(65)53-33(25-31-14-8-7-9-15-31)48(70)60-23-13-19-38(60)49(71)58-21-11-16-35(58)44(66)54-34(27-61)42(64)56-41(30(5)62)46(68)51-26-39(63)52-32(24-28(2)3)47(69)57-20-10-18-37(57)45(67)55-40/h7-9,14-15,28-30,32-38,40-41,61-62H,6,10-13,16-27H2,1-5H3,(H,51,68)(H,52,63)(H,53,65)(H,54,66)(H,55,67)(H,56,64). The molecule has 0 aliphatic carbocycles. The number of amides is 10. The summed E-state index contributed by atoms with van der Waals surface area (Å²) in [7, 11) is 0. The van der Waals surface area contributed by atoms with Gasteiger partial charge in [-0.3, -0.25) is 47.9 Å². The highest BCUT2D eigenvalue weighted by Gasteiger charge is 2.47. The predicted octanol–water partition coefficient (Wildman–Crippen LogP) is -1.79. The normalized spacial score (nSPS) is 30.1. The molecular formula is C50H74N10O12. The van der Waals surface area contributed by atoms with Crippen molar-refractivity contribution in [2.75, 3.05) is 39.3 Å². The number of carbonyl (C=O) groups is 10. The third-order valence-corrected chi connectivity index (χ3v) is 14.7. The van der Waals surface area contributed by atoms with E-state index in [0.717, 1.165) is 5.56 Å². The molecule has 1 aromatic rings. The van der Waals surface area contributed by atoms with E-state index in [2.05, 4.69) is 31.9 Å². The lowest BCUT2D eigenvalue weighted by Crippen LogP contribution is -2.61. The number of aliphatic hydroxyl groups excluding tert-OH is 2. The van der Waals surface area contributed by atoms with Gasteiger partial charge in [-0.1, -0.05) is 64.4 Å². The van der Waals surface area contributed by atoms with Gasteiger partial charge in [-0.05, 0) is 82.1 Å². The van der Waals surface area contributed by atoms with E-state index in [1.54, 1.807) is 12.1 Å². The lowest BCUT2D eigenvalue weighted by Gasteiger charge is -2.35. The molecule has 0 spiro atoms. The minimum Gasteiger partial charge on any atom is -0.394 e. The van der Waals surface area contributed by atoms with Crippen LogP contribution in [0.3, 0.4) is 0 Å². The predicted molar refractivity (Wildman–Crippen MR) is 259 cm³/mol. The Morgan fingerprint density at radius 1 is 0.542 bits per heavy atom. The van der Waals surface area contributed by atoms with Gasteiger partial charge in [0.1, 0.15) is 54.4 Å². The maximum absolute atomic E-state index is 14.8. The van der Waals surface area contributed by atoms with Gasteiger partial charge in [0.25, 0.3) is 0 Å². The smallest absolute Gasteiger partial charge is 0.246 e. The third kappa shape index (κ3) is 13.1. The number of hydrogen-bond acceptors (Lipinski definition) is 12. The van der Waals surface area contributed by atoms with Crippen molar-refractivity contribution in [3.05, 3.63) is 35.9 Å². The van der Waals surface area contributed by atoms with Gasteiger partial charge in [0, 0.05) is 32.6 Å². The average Bonchev–Trinajstić information content (AvgIpc) is 4.22. The Labute approximate surface area is 420 Å². The van der Waals surface area contributed by atoms with Gasteiger partial charge in [0.15, 0.2) is 0 Å². The van der Waals surface area contributed by atoms with Crippen molar-refractivity contribution in [1.82, 2.24) is 51.5 Å². The van der Waals surface area contributed by atoms with Crippen LogP contribution >= 0.6 is 0 Å². The number of carbonyl (C=O) groups excluding carboxylic acids is 10. The van der Waals surface area contributed by atoms with Crippen molar-refractivity contribution in [2.24, 2.45) is 11.8 Å². The molecule has 22 nitrogen and oxygen atoms in total. The van der Waals surface area contributed by atoms with Crippen LogP contribution in [0.5, 0.6) is 0 Å². The van der Waals surface area contributed by atoms with Crippen molar-refractivity contribution >= 4 is 59.1 Å². The second-order valence-corrected chi connectivity index (χ2v) is 20.3. The largest absolute Gasteiger partial charge is 0.394 e. The molecule has 0 saturated carbocycles. The molecule has 0 aromatic heterocycles. The molecule has 11 unspecified atom stereocenters. The lowest BCUT2D eigenvalue weighted by molar-refractivity contribution is -0.149. The number of fused-ring (bicyclic) bond motifs is 4. The summed E-state index contributed by atoms with van der Waals surface area (Å²) in [6.45, 7) is 7.71. The molecular weight excluding hydrogens is 933 g/mol. The number of aliphatic hydroxyl groups is 2. The van der Waals surface area contributed by atoms with Crippen LogP contribution < -0.4 is 31.9 Å². The van der Waals surface area contributed by atoms with Crippen LogP contribution in [0.4, 0.5) is 0 Å². The maximum Gasteiger partial charge on any atom is 0.246 e. The molecule has 5 heterocycles. The third-order valence-electron chi connectivity index (χ3n) is 14.7. The van der Waals surface area contributed by atoms with Crippen molar-refractivity contribution in [3.63, 3.8) is 0 Å². The Morgan fingerprint density at radius 2 is 1.01 bits per heavy atom. The van der Waals surface area contributed by atoms with E-state index in [1.807, 2.05) is 45.9 Å². The Hall–Kier alpha value is -6.16. The van der Waals surface area contributed by atoms with E-state index in [4.69, 9.17) is 0 Å². The van der Waals surface area contributed by atoms with E-state index in [9.17, 15) is 58.2 Å². The first-order chi connectivity index (χ1) is 34.3. The summed E-state index contributed by atoms with van der Waals surface area (Å²) in [5, 5.41) is 36.5. The quantitative estimate of drug-likeness (QED) is 0.143. The Kier molecular flexibility index (Phi) is 19.1. The van der Waals surface area contributed by atoms with Crippen molar-refractivity contribution in [2.45, 2.75) is 166 Å². The van der Waals surface area contributed by atoms with E-state index in [1.165, 1.54) is 26.5 Å². The van der Waals surface area contributed by atoms with E-state index < -0.39 is 139 Å². The number of benzene rings is 1. The Bertz CT molecular complexity index is 2180. The van der Waals surface area contributed by atoms with Gasteiger partial charge in [-0.2, -0.15) is 0 Å². The van der Waals surface area contributed by atoms with Crippen LogP contribution in [0.1, 0.15) is 104 Å². The first kappa shape index (κ1) is 55.2. The monoisotopic (exact) mass is 1010 g/mol. The second kappa shape index (κ2) is 25.0. The zero-order chi connectivity index (χ0) is 52.4. The van der Waals surface area contributed by atoms with Crippen molar-refractivity contribution in [3.8, 4) is 0 Å². The molecule has 5 fully saturated rings. The fourth-order valence-electron chi connectivity index (χ4n) is 10.6. The summed E-state index contributed by atoms with van der Waals surface area (Å²) in [6, 6.07) is -1.72. The van der Waals surface area contributed by atoms with Gasteiger partial charge < -0.3 is 61.7 Å². The summed E-state index contributed by atoms with van der Waals surface area (Å²) in [6.07, 6.45) is 2.00. The first-order valence-corrected chi connectivity index (χ1v) is 25.7. The van der Waals surface area contributed by atoms with Crippen LogP contribution in [0.15, 0.2) is 30.3 Å². The molecule has 5 aliphatic heterocycles. The van der Waals surface area contributed by atoms with Crippen LogP contribution in [-0.2, 0) is 54.4 Å². The Balaban J connectivity index is 1.33. The highest BCUT2D eigenvalue weighted by Crippen LogP contribution is 2.28. The fourth-order valence-corrected chi connectivity index (χ4v) is 10.6. The molecule has 396 valence electrons. The fraction of sp³-hybridized carbons (Fsp3) is 0.680. The zero-order valence-corrected chi connectivity index (χ0v) is 42.1. The summed E-state index contributed by atoms with van der Waals surface area (Å²) in [4.78, 5) is 147. The minimum atomic E-state index is -1.66. The van der Waals surface area contributed by atoms with Crippen LogP contribution in [0.2, 0.25) is 0 Å². The highest BCUT2D eigenvalue weighted by molar-refractivity contribution is 6.00. The molecule has 8 N–H and O–H groups in total. The van der Waals surface area contributed by atoms with E-state index >= 15 is 0 Å². The van der Waals surface area contributed by atoms with Crippen LogP contribution in [-0.4, -0.2) is 189 Å². The van der Waals surface area contributed by atoms with Gasteiger partial charge in [-0.25, -0.2) is 0 Å². The topological polar surface area (TPSA) is 296 Å². The van der Waals surface area contributed by atoms with Gasteiger partial charge >= 0.3 is 0 Å². The molecule has 0 bridgehead atoms. The van der Waals surface area contributed by atoms with Crippen LogP contribution in [0, 0.1) is 11.8 Å². The molecule has 72 heavy (non-hydrogen) atoms. The molecule has 0 radical (unpaired) electrons. The van der Waals surface area contributed by atoms with Crippen molar-refractivity contribution < 1.29 is 58.2 Å². The van der Waals surface area contributed by atoms with Crippen molar-refractivity contribution in [1.29, 1.82) is 0 Å². The number of rotatable bonds is 8. The average molecular weight is 1010 g/mol. The summed E-state index contributed by atoms with van der Waals surface area (Å²) in [5.74, 6) is -7.29. The summed E-state index contributed by atoms with van der Waals surface area (Å²) in [5.41, 5.74) is 0.728. The molecule has 22 heteroatoms. The molecule has 5 aliphatic rings. The number of hydrogen-bond donors (Lipinski definition) is 8. The molecule has 6 rings (SSSR count).